The van der Waals surface area contributed by atoms with Crippen LogP contribution in [0.25, 0.3) is 5.69 Å². The van der Waals surface area contributed by atoms with E-state index in [0.717, 1.165) is 50.2 Å². The molecule has 0 radical (unpaired) electrons. The van der Waals surface area contributed by atoms with Gasteiger partial charge in [0.25, 0.3) is 0 Å². The topological polar surface area (TPSA) is 67.9 Å². The summed E-state index contributed by atoms with van der Waals surface area (Å²) in [7, 11) is 2.03. The zero-order valence-corrected chi connectivity index (χ0v) is 13.7. The average Bonchev–Trinajstić information content (AvgIpc) is 3.26. The van der Waals surface area contributed by atoms with Crippen LogP contribution in [0, 0.1) is 0 Å². The number of hydrogen-bond acceptors (Lipinski definition) is 6. The van der Waals surface area contributed by atoms with Gasteiger partial charge in [-0.25, -0.2) is 4.98 Å². The number of imidazole rings is 1. The molecule has 1 aliphatic rings. The maximum absolute atomic E-state index is 4.40. The van der Waals surface area contributed by atoms with Crippen LogP contribution in [-0.2, 0) is 13.6 Å². The highest BCUT2D eigenvalue weighted by Crippen LogP contribution is 2.17. The standard InChI is InChI=1S/C16H20N8/c1-21-8-7-17-15(21)13-22-9-11-23(12-10-22)16-18-19-20-24(16)14-5-3-2-4-6-14/h2-8H,9-13H2,1H3. The molecule has 3 heterocycles. The largest absolute Gasteiger partial charge is 0.337 e. The first-order valence-electron chi connectivity index (χ1n) is 8.08. The Labute approximate surface area is 140 Å². The summed E-state index contributed by atoms with van der Waals surface area (Å²) in [4.78, 5) is 9.05. The lowest BCUT2D eigenvalue weighted by Gasteiger charge is -2.34. The molecule has 0 unspecified atom stereocenters. The van der Waals surface area contributed by atoms with E-state index in [0.29, 0.717) is 0 Å². The minimum absolute atomic E-state index is 0.804. The number of para-hydroxylation sites is 1. The highest BCUT2D eigenvalue weighted by molar-refractivity contribution is 5.40. The third-order valence-electron chi connectivity index (χ3n) is 4.39. The van der Waals surface area contributed by atoms with Gasteiger partial charge in [-0.3, -0.25) is 4.90 Å². The lowest BCUT2D eigenvalue weighted by molar-refractivity contribution is 0.240. The van der Waals surface area contributed by atoms with Gasteiger partial charge in [-0.05, 0) is 22.6 Å². The second-order valence-corrected chi connectivity index (χ2v) is 5.94. The summed E-state index contributed by atoms with van der Waals surface area (Å²) in [5.74, 6) is 1.90. The van der Waals surface area contributed by atoms with Crippen LogP contribution < -0.4 is 4.90 Å². The van der Waals surface area contributed by atoms with Crippen LogP contribution in [0.5, 0.6) is 0 Å². The molecule has 0 aliphatic carbocycles. The predicted molar refractivity (Wildman–Crippen MR) is 89.9 cm³/mol. The quantitative estimate of drug-likeness (QED) is 0.704. The zero-order chi connectivity index (χ0) is 16.4. The van der Waals surface area contributed by atoms with Crippen molar-refractivity contribution in [2.24, 2.45) is 7.05 Å². The smallest absolute Gasteiger partial charge is 0.250 e. The van der Waals surface area contributed by atoms with Crippen molar-refractivity contribution in [1.29, 1.82) is 0 Å². The first-order chi connectivity index (χ1) is 11.8. The van der Waals surface area contributed by atoms with Crippen molar-refractivity contribution >= 4 is 5.95 Å². The van der Waals surface area contributed by atoms with Crippen LogP contribution in [-0.4, -0.2) is 60.8 Å². The molecule has 0 bridgehead atoms. The molecule has 0 saturated carbocycles. The molecule has 1 aliphatic heterocycles. The third-order valence-corrected chi connectivity index (χ3v) is 4.39. The van der Waals surface area contributed by atoms with Gasteiger partial charge in [0.2, 0.25) is 5.95 Å². The Morgan fingerprint density at radius 2 is 1.83 bits per heavy atom. The number of nitrogens with zero attached hydrogens (tertiary/aromatic N) is 8. The molecule has 0 spiro atoms. The van der Waals surface area contributed by atoms with Gasteiger partial charge in [0, 0.05) is 45.6 Å². The molecule has 1 fully saturated rings. The van der Waals surface area contributed by atoms with Gasteiger partial charge in [-0.2, -0.15) is 4.68 Å². The highest BCUT2D eigenvalue weighted by atomic mass is 15.6. The summed E-state index contributed by atoms with van der Waals surface area (Å²) in [6.07, 6.45) is 3.83. The first kappa shape index (κ1) is 14.8. The molecule has 1 saturated heterocycles. The molecule has 1 aromatic carbocycles. The van der Waals surface area contributed by atoms with Crippen molar-refractivity contribution in [3.05, 3.63) is 48.5 Å². The molecular formula is C16H20N8. The summed E-state index contributed by atoms with van der Waals surface area (Å²) in [6.45, 7) is 4.61. The number of tetrazole rings is 1. The van der Waals surface area contributed by atoms with Crippen molar-refractivity contribution in [1.82, 2.24) is 34.7 Å². The Hall–Kier alpha value is -2.74. The van der Waals surface area contributed by atoms with E-state index in [9.17, 15) is 0 Å². The molecule has 8 nitrogen and oxygen atoms in total. The number of rotatable bonds is 4. The molecule has 8 heteroatoms. The molecule has 0 amide bonds. The molecule has 0 atom stereocenters. The van der Waals surface area contributed by atoms with Crippen LogP contribution in [0.2, 0.25) is 0 Å². The fraction of sp³-hybridized carbons (Fsp3) is 0.375. The molecule has 24 heavy (non-hydrogen) atoms. The molecule has 2 aromatic heterocycles. The molecular weight excluding hydrogens is 304 g/mol. The van der Waals surface area contributed by atoms with Gasteiger partial charge < -0.3 is 9.47 Å². The maximum Gasteiger partial charge on any atom is 0.250 e. The van der Waals surface area contributed by atoms with Crippen LogP contribution in [0.3, 0.4) is 0 Å². The zero-order valence-electron chi connectivity index (χ0n) is 13.7. The van der Waals surface area contributed by atoms with Crippen LogP contribution in [0.1, 0.15) is 5.82 Å². The normalized spacial score (nSPS) is 15.8. The Morgan fingerprint density at radius 3 is 2.54 bits per heavy atom. The summed E-state index contributed by atoms with van der Waals surface area (Å²) in [5, 5.41) is 12.2. The maximum atomic E-state index is 4.40. The number of hydrogen-bond donors (Lipinski definition) is 0. The van der Waals surface area contributed by atoms with Crippen molar-refractivity contribution in [3.8, 4) is 5.69 Å². The number of aromatic nitrogens is 6. The van der Waals surface area contributed by atoms with Gasteiger partial charge in [0.1, 0.15) is 5.82 Å². The van der Waals surface area contributed by atoms with Gasteiger partial charge in [0.05, 0.1) is 12.2 Å². The Morgan fingerprint density at radius 1 is 1.04 bits per heavy atom. The third kappa shape index (κ3) is 2.88. The predicted octanol–water partition coefficient (Wildman–Crippen LogP) is 0.718. The van der Waals surface area contributed by atoms with E-state index in [1.54, 1.807) is 4.68 Å². The van der Waals surface area contributed by atoms with Crippen molar-refractivity contribution in [3.63, 3.8) is 0 Å². The highest BCUT2D eigenvalue weighted by Gasteiger charge is 2.22. The lowest BCUT2D eigenvalue weighted by Crippen LogP contribution is -2.47. The Bertz CT molecular complexity index is 785. The van der Waals surface area contributed by atoms with Crippen LogP contribution in [0.4, 0.5) is 5.95 Å². The van der Waals surface area contributed by atoms with E-state index in [-0.39, 0.29) is 0 Å². The van der Waals surface area contributed by atoms with Gasteiger partial charge in [-0.1, -0.05) is 23.3 Å². The number of anilines is 1. The second-order valence-electron chi connectivity index (χ2n) is 5.94. The minimum atomic E-state index is 0.804. The van der Waals surface area contributed by atoms with E-state index in [1.165, 1.54) is 0 Å². The van der Waals surface area contributed by atoms with E-state index >= 15 is 0 Å². The van der Waals surface area contributed by atoms with Crippen molar-refractivity contribution in [2.75, 3.05) is 31.1 Å². The van der Waals surface area contributed by atoms with E-state index in [2.05, 4.69) is 34.9 Å². The number of benzene rings is 1. The Kier molecular flexibility index (Phi) is 3.96. The van der Waals surface area contributed by atoms with Gasteiger partial charge in [0.15, 0.2) is 0 Å². The minimum Gasteiger partial charge on any atom is -0.337 e. The van der Waals surface area contributed by atoms with E-state index < -0.39 is 0 Å². The first-order valence-corrected chi connectivity index (χ1v) is 8.08. The lowest BCUT2D eigenvalue weighted by atomic mass is 10.3. The van der Waals surface area contributed by atoms with Crippen LogP contribution in [0.15, 0.2) is 42.7 Å². The Balaban J connectivity index is 1.44. The average molecular weight is 324 g/mol. The van der Waals surface area contributed by atoms with Gasteiger partial charge >= 0.3 is 0 Å². The summed E-state index contributed by atoms with van der Waals surface area (Å²) < 4.78 is 3.87. The van der Waals surface area contributed by atoms with Crippen molar-refractivity contribution in [2.45, 2.75) is 6.54 Å². The van der Waals surface area contributed by atoms with Gasteiger partial charge in [-0.15, -0.1) is 0 Å². The van der Waals surface area contributed by atoms with E-state index in [1.807, 2.05) is 49.8 Å². The molecule has 3 aromatic rings. The molecule has 4 rings (SSSR count). The van der Waals surface area contributed by atoms with Crippen LogP contribution >= 0.6 is 0 Å². The number of piperazine rings is 1. The summed E-state index contributed by atoms with van der Waals surface area (Å²) in [5.41, 5.74) is 0.980. The van der Waals surface area contributed by atoms with E-state index in [4.69, 9.17) is 0 Å². The fourth-order valence-corrected chi connectivity index (χ4v) is 2.97. The number of aryl methyl sites for hydroxylation is 1. The summed E-state index contributed by atoms with van der Waals surface area (Å²) >= 11 is 0. The van der Waals surface area contributed by atoms with Crippen molar-refractivity contribution < 1.29 is 0 Å². The monoisotopic (exact) mass is 324 g/mol. The SMILES string of the molecule is Cn1ccnc1CN1CCN(c2nnnn2-c2ccccc2)CC1. The summed E-state index contributed by atoms with van der Waals surface area (Å²) in [6, 6.07) is 10.00. The second kappa shape index (κ2) is 6.40. The molecule has 124 valence electrons. The molecule has 0 N–H and O–H groups in total. The fourth-order valence-electron chi connectivity index (χ4n) is 2.97.